The second kappa shape index (κ2) is 3.98. The van der Waals surface area contributed by atoms with Crippen LogP contribution in [0.2, 0.25) is 65.9 Å². The number of hydrogen-bond donors (Lipinski definition) is 0. The van der Waals surface area contributed by atoms with Crippen LogP contribution in [-0.4, -0.2) is 45.0 Å². The van der Waals surface area contributed by atoms with Gasteiger partial charge in [0, 0.05) is 0 Å². The first kappa shape index (κ1) is 24.8. The Bertz CT molecular complexity index is 2170. The zero-order valence-corrected chi connectivity index (χ0v) is 32.0. The molecule has 4 saturated carbocycles. The molecule has 8 heteroatoms. The fraction of sp³-hybridized carbons (Fsp3) is 0.784. The quantitative estimate of drug-likeness (QED) is 0.214. The van der Waals surface area contributed by atoms with Crippen LogP contribution in [0, 0.1) is 23.7 Å². The Morgan fingerprint density at radius 2 is 1.24 bits per heavy atom. The van der Waals surface area contributed by atoms with Gasteiger partial charge in [-0.2, -0.15) is 0 Å². The second-order valence-corrected chi connectivity index (χ2v) is 55.8. The van der Waals surface area contributed by atoms with Crippen LogP contribution in [0.15, 0.2) is 36.9 Å². The van der Waals surface area contributed by atoms with Gasteiger partial charge in [-0.05, 0) is 0 Å². The number of nitrogens with zero attached hydrogens (tertiary/aromatic N) is 4. The fourth-order valence-electron chi connectivity index (χ4n) is 27.9. The van der Waals surface area contributed by atoms with Gasteiger partial charge in [-0.1, -0.05) is 0 Å². The SMILES string of the molecule is CC(C)(C)P(C[C]12[CH]3[C]4([Si](C)(C)C)[CH]5[C]1(C(P)(c1ncccn1)c1ncccn1)[Fe]35241678[CH]2[CH]1[CH]6[CH]7[CH]28)C1C2CC3CC(C2)CC1C3. The molecule has 10 aliphatic heterocycles. The summed E-state index contributed by atoms with van der Waals surface area (Å²) in [6, 6.07) is 4.06. The Kier molecular flexibility index (Phi) is 2.20. The van der Waals surface area contributed by atoms with E-state index < -0.39 is 14.6 Å². The molecular weight excluding hydrogens is 646 g/mol. The van der Waals surface area contributed by atoms with E-state index in [0.717, 1.165) is 49.7 Å². The number of fused-ring (bicyclic) bond motifs is 10. The van der Waals surface area contributed by atoms with Crippen molar-refractivity contribution in [3.8, 4) is 0 Å². The molecule has 0 amide bonds. The van der Waals surface area contributed by atoms with Gasteiger partial charge in [-0.3, -0.25) is 0 Å². The summed E-state index contributed by atoms with van der Waals surface area (Å²) in [7, 11) is 2.11. The maximum atomic E-state index is 5.24. The molecular formula is C37H50FeN4P2Si. The van der Waals surface area contributed by atoms with E-state index in [-0.39, 0.29) is 13.1 Å². The Labute approximate surface area is 263 Å². The van der Waals surface area contributed by atoms with E-state index in [4.69, 9.17) is 19.9 Å². The number of hydrogen-bond acceptors (Lipinski definition) is 4. The first-order chi connectivity index (χ1) is 21.2. The van der Waals surface area contributed by atoms with Crippen LogP contribution in [0.1, 0.15) is 64.5 Å². The van der Waals surface area contributed by atoms with Crippen molar-refractivity contribution in [3.05, 3.63) is 48.6 Å². The van der Waals surface area contributed by atoms with Gasteiger partial charge >= 0.3 is 265 Å². The van der Waals surface area contributed by atoms with Gasteiger partial charge < -0.3 is 0 Å². The minimum atomic E-state index is -4.28. The molecule has 16 rings (SSSR count). The fourth-order valence-corrected chi connectivity index (χ4v) is 144. The summed E-state index contributed by atoms with van der Waals surface area (Å²) < 4.78 is 1.94. The van der Waals surface area contributed by atoms with Crippen LogP contribution in [0.4, 0.5) is 0 Å². The van der Waals surface area contributed by atoms with Crippen LogP contribution in [0.5, 0.6) is 0 Å². The summed E-state index contributed by atoms with van der Waals surface area (Å²) in [5.41, 5.74) is 1.04. The molecule has 2 aromatic heterocycles. The van der Waals surface area contributed by atoms with Crippen LogP contribution in [0.3, 0.4) is 0 Å². The molecule has 14 fully saturated rings. The van der Waals surface area contributed by atoms with Gasteiger partial charge in [0.05, 0.1) is 0 Å². The molecule has 1 spiro atoms. The topological polar surface area (TPSA) is 51.6 Å². The van der Waals surface area contributed by atoms with Crippen molar-refractivity contribution < 1.29 is 6.51 Å². The van der Waals surface area contributed by atoms with Gasteiger partial charge in [-0.15, -0.1) is 0 Å². The molecule has 4 bridgehead atoms. The maximum absolute atomic E-state index is 5.24. The molecule has 7 atom stereocenters. The van der Waals surface area contributed by atoms with Gasteiger partial charge in [0.25, 0.3) is 0 Å². The third-order valence-corrected chi connectivity index (χ3v) is 83.4. The molecule has 12 heterocycles. The zero-order chi connectivity index (χ0) is 30.3. The van der Waals surface area contributed by atoms with E-state index in [2.05, 4.69) is 49.7 Å². The van der Waals surface area contributed by atoms with Crippen molar-refractivity contribution in [2.45, 2.75) is 135 Å². The average Bonchev–Trinajstić information content (AvgIpc) is 3.94. The zero-order valence-electron chi connectivity index (χ0n) is 27.8. The van der Waals surface area contributed by atoms with E-state index >= 15 is 0 Å². The molecule has 240 valence electrons. The molecule has 4 aliphatic carbocycles. The molecule has 0 aromatic carbocycles. The Morgan fingerprint density at radius 1 is 0.778 bits per heavy atom. The summed E-state index contributed by atoms with van der Waals surface area (Å²) >= 11 is 0. The summed E-state index contributed by atoms with van der Waals surface area (Å²) in [6.45, 7) is 12.4. The summed E-state index contributed by atoms with van der Waals surface area (Å²) in [5, 5.41) is 0.121. The normalized spacial score (nSPS) is 69.8. The van der Waals surface area contributed by atoms with Crippen molar-refractivity contribution in [1.29, 1.82) is 0 Å². The van der Waals surface area contributed by atoms with E-state index in [9.17, 15) is 0 Å². The van der Waals surface area contributed by atoms with Gasteiger partial charge in [-0.25, -0.2) is 0 Å². The van der Waals surface area contributed by atoms with Crippen LogP contribution >= 0.6 is 17.2 Å². The van der Waals surface area contributed by atoms with Crippen molar-refractivity contribution in [1.82, 2.24) is 19.9 Å². The Hall–Kier alpha value is -0.244. The molecule has 2 aromatic rings. The minimum absolute atomic E-state index is 0.0732. The van der Waals surface area contributed by atoms with Crippen molar-refractivity contribution in [2.24, 2.45) is 23.7 Å². The molecule has 0 N–H and O–H groups in total. The predicted octanol–water partition coefficient (Wildman–Crippen LogP) is 9.87. The summed E-state index contributed by atoms with van der Waals surface area (Å²) in [5.74, 6) is 6.34. The summed E-state index contributed by atoms with van der Waals surface area (Å²) in [4.78, 5) is 29.3. The predicted molar refractivity (Wildman–Crippen MR) is 185 cm³/mol. The Balaban J connectivity index is 1.04. The van der Waals surface area contributed by atoms with Crippen LogP contribution < -0.4 is 0 Å². The number of rotatable bonds is 7. The van der Waals surface area contributed by atoms with Crippen molar-refractivity contribution >= 4 is 25.2 Å². The van der Waals surface area contributed by atoms with Crippen molar-refractivity contribution in [3.63, 3.8) is 0 Å². The third kappa shape index (κ3) is 0.706. The second-order valence-electron chi connectivity index (χ2n) is 22.9. The third-order valence-electron chi connectivity index (χ3n) is 24.6. The first-order valence-corrected chi connectivity index (χ1v) is 30.3. The molecule has 7 unspecified atom stereocenters. The summed E-state index contributed by atoms with van der Waals surface area (Å²) in [6.07, 6.45) is 17.7. The van der Waals surface area contributed by atoms with Gasteiger partial charge in [0.1, 0.15) is 0 Å². The van der Waals surface area contributed by atoms with E-state index in [1.165, 1.54) is 28.9 Å². The van der Waals surface area contributed by atoms with E-state index in [1.54, 1.807) is 38.3 Å². The Morgan fingerprint density at radius 3 is 1.64 bits per heavy atom. The molecule has 45 heavy (non-hydrogen) atoms. The molecule has 14 aliphatic rings. The van der Waals surface area contributed by atoms with Crippen molar-refractivity contribution in [2.75, 3.05) is 6.16 Å². The average molecular weight is 697 g/mol. The van der Waals surface area contributed by atoms with Crippen LogP contribution in [-0.2, 0) is 11.7 Å². The number of aromatic nitrogens is 4. The van der Waals surface area contributed by atoms with E-state index in [0.29, 0.717) is 13.8 Å². The standard InChI is InChI=1S/C32H45N4P2Si.C5H5.Fe/c1-31(2,3)38(28-23-14-21-13-22(16-23)17-24(28)15-21)20-25-18-26(39(4,5)6)19-27(25)32(37,29-33-9-7-10-34-29)30-35-11-8-12-36-30;1-2-4-5-3-1;/h7-12,18-19,21-24,28H,13-17,20,37H2,1-6H3;1-5H;. The van der Waals surface area contributed by atoms with Crippen LogP contribution in [0.25, 0.3) is 0 Å². The molecule has 10 saturated heterocycles. The van der Waals surface area contributed by atoms with Gasteiger partial charge in [0.2, 0.25) is 0 Å². The first-order valence-electron chi connectivity index (χ1n) is 18.5. The monoisotopic (exact) mass is 696 g/mol. The molecule has 0 radical (unpaired) electrons. The molecule has 4 nitrogen and oxygen atoms in total. The van der Waals surface area contributed by atoms with E-state index in [1.807, 2.05) is 36.9 Å². The van der Waals surface area contributed by atoms with Gasteiger partial charge in [0.15, 0.2) is 0 Å².